The van der Waals surface area contributed by atoms with Gasteiger partial charge < -0.3 is 0 Å². The van der Waals surface area contributed by atoms with Crippen LogP contribution in [0.1, 0.15) is 52.7 Å². The maximum atomic E-state index is 4.52. The van der Waals surface area contributed by atoms with E-state index in [-0.39, 0.29) is 10.8 Å². The molecular formula is C15H21N3. The maximum Gasteiger partial charge on any atom is 0.115 e. The summed E-state index contributed by atoms with van der Waals surface area (Å²) in [6, 6.07) is 1.92. The van der Waals surface area contributed by atoms with Crippen molar-refractivity contribution in [3.63, 3.8) is 0 Å². The van der Waals surface area contributed by atoms with Crippen molar-refractivity contribution in [2.75, 3.05) is 0 Å². The zero-order chi connectivity index (χ0) is 13.6. The Hall–Kier alpha value is -1.51. The van der Waals surface area contributed by atoms with Crippen molar-refractivity contribution in [2.24, 2.45) is 0 Å². The molecule has 0 aromatic carbocycles. The predicted octanol–water partition coefficient (Wildman–Crippen LogP) is 3.62. The first-order valence-electron chi connectivity index (χ1n) is 6.32. The Morgan fingerprint density at radius 1 is 0.944 bits per heavy atom. The minimum atomic E-state index is 0.0276. The van der Waals surface area contributed by atoms with Gasteiger partial charge in [0.1, 0.15) is 5.52 Å². The smallest absolute Gasteiger partial charge is 0.115 e. The zero-order valence-corrected chi connectivity index (χ0v) is 12.1. The molecule has 0 aliphatic heterocycles. The van der Waals surface area contributed by atoms with E-state index >= 15 is 0 Å². The van der Waals surface area contributed by atoms with E-state index in [0.29, 0.717) is 0 Å². The van der Waals surface area contributed by atoms with E-state index in [1.807, 2.05) is 12.3 Å². The number of hydrogen-bond donors (Lipinski definition) is 0. The Bertz CT molecular complexity index is 574. The molecule has 0 N–H and O–H groups in total. The highest BCUT2D eigenvalue weighted by Gasteiger charge is 2.28. The van der Waals surface area contributed by atoms with E-state index in [4.69, 9.17) is 0 Å². The molecule has 0 saturated carbocycles. The standard InChI is InChI=1S/C15H21N3/c1-14(2,3)10-9-16-11-7-8-17-18-13(11)12(10)15(4,5)6/h7-9H,1-6H3. The van der Waals surface area contributed by atoms with Crippen LogP contribution in [0.4, 0.5) is 0 Å². The Morgan fingerprint density at radius 2 is 1.61 bits per heavy atom. The molecule has 0 amide bonds. The van der Waals surface area contributed by atoms with Gasteiger partial charge in [-0.15, -0.1) is 5.10 Å². The van der Waals surface area contributed by atoms with Gasteiger partial charge in [0.15, 0.2) is 0 Å². The topological polar surface area (TPSA) is 38.7 Å². The van der Waals surface area contributed by atoms with Gasteiger partial charge in [-0.2, -0.15) is 5.10 Å². The largest absolute Gasteiger partial charge is 0.254 e. The molecule has 0 saturated heterocycles. The number of aromatic nitrogens is 3. The second kappa shape index (κ2) is 4.01. The molecule has 0 bridgehead atoms. The summed E-state index contributed by atoms with van der Waals surface area (Å²) < 4.78 is 0. The van der Waals surface area contributed by atoms with Gasteiger partial charge in [-0.3, -0.25) is 4.98 Å². The van der Waals surface area contributed by atoms with Crippen LogP contribution in [-0.4, -0.2) is 15.2 Å². The van der Waals surface area contributed by atoms with E-state index in [1.165, 1.54) is 11.1 Å². The minimum absolute atomic E-state index is 0.0276. The lowest BCUT2D eigenvalue weighted by Gasteiger charge is -2.30. The van der Waals surface area contributed by atoms with Gasteiger partial charge in [0.05, 0.1) is 11.7 Å². The first-order chi connectivity index (χ1) is 8.21. The predicted molar refractivity (Wildman–Crippen MR) is 74.7 cm³/mol. The number of rotatable bonds is 0. The molecule has 0 spiro atoms. The minimum Gasteiger partial charge on any atom is -0.254 e. The fourth-order valence-electron chi connectivity index (χ4n) is 2.26. The summed E-state index contributed by atoms with van der Waals surface area (Å²) >= 11 is 0. The molecule has 2 rings (SSSR count). The third-order valence-corrected chi connectivity index (χ3v) is 3.10. The SMILES string of the molecule is CC(C)(C)c1cnc2ccnnc2c1C(C)(C)C. The maximum absolute atomic E-state index is 4.52. The summed E-state index contributed by atoms with van der Waals surface area (Å²) in [4.78, 5) is 4.52. The van der Waals surface area contributed by atoms with Gasteiger partial charge in [0.25, 0.3) is 0 Å². The molecule has 0 unspecified atom stereocenters. The van der Waals surface area contributed by atoms with Gasteiger partial charge in [-0.25, -0.2) is 0 Å². The molecule has 0 atom stereocenters. The van der Waals surface area contributed by atoms with Gasteiger partial charge in [-0.05, 0) is 28.0 Å². The quantitative estimate of drug-likeness (QED) is 0.709. The average molecular weight is 243 g/mol. The highest BCUT2D eigenvalue weighted by atomic mass is 15.1. The lowest BCUT2D eigenvalue weighted by Crippen LogP contribution is -2.23. The number of pyridine rings is 1. The van der Waals surface area contributed by atoms with Crippen molar-refractivity contribution in [2.45, 2.75) is 52.4 Å². The first-order valence-corrected chi connectivity index (χ1v) is 6.32. The zero-order valence-electron chi connectivity index (χ0n) is 12.1. The van der Waals surface area contributed by atoms with Crippen LogP contribution in [0.3, 0.4) is 0 Å². The Morgan fingerprint density at radius 3 is 2.17 bits per heavy atom. The Labute approximate surface area is 109 Å². The third-order valence-electron chi connectivity index (χ3n) is 3.10. The second-order valence-corrected chi connectivity index (χ2v) is 6.81. The molecule has 0 aliphatic carbocycles. The molecule has 3 heteroatoms. The fraction of sp³-hybridized carbons (Fsp3) is 0.533. The normalized spacial score (nSPS) is 13.0. The van der Waals surface area contributed by atoms with E-state index in [9.17, 15) is 0 Å². The Kier molecular flexibility index (Phi) is 2.88. The molecule has 3 nitrogen and oxygen atoms in total. The summed E-state index contributed by atoms with van der Waals surface area (Å²) in [7, 11) is 0. The van der Waals surface area contributed by atoms with Crippen molar-refractivity contribution in [1.82, 2.24) is 15.2 Å². The van der Waals surface area contributed by atoms with E-state index in [1.54, 1.807) is 6.20 Å². The van der Waals surface area contributed by atoms with Gasteiger partial charge in [-0.1, -0.05) is 41.5 Å². The number of fused-ring (bicyclic) bond motifs is 1. The van der Waals surface area contributed by atoms with Crippen molar-refractivity contribution < 1.29 is 0 Å². The fourth-order valence-corrected chi connectivity index (χ4v) is 2.26. The highest BCUT2D eigenvalue weighted by Crippen LogP contribution is 2.36. The van der Waals surface area contributed by atoms with Crippen molar-refractivity contribution in [3.05, 3.63) is 29.6 Å². The van der Waals surface area contributed by atoms with Crippen molar-refractivity contribution in [3.8, 4) is 0 Å². The van der Waals surface area contributed by atoms with Crippen LogP contribution in [0.5, 0.6) is 0 Å². The van der Waals surface area contributed by atoms with Gasteiger partial charge >= 0.3 is 0 Å². The number of hydrogen-bond acceptors (Lipinski definition) is 3. The second-order valence-electron chi connectivity index (χ2n) is 6.81. The summed E-state index contributed by atoms with van der Waals surface area (Å²) in [6.45, 7) is 13.3. The van der Waals surface area contributed by atoms with Crippen LogP contribution in [0, 0.1) is 0 Å². The summed E-state index contributed by atoms with van der Waals surface area (Å²) in [5, 5.41) is 8.33. The lowest BCUT2D eigenvalue weighted by molar-refractivity contribution is 0.531. The molecule has 0 aliphatic rings. The molecule has 2 aromatic heterocycles. The van der Waals surface area contributed by atoms with Crippen LogP contribution in [0.2, 0.25) is 0 Å². The monoisotopic (exact) mass is 243 g/mol. The van der Waals surface area contributed by atoms with Crippen LogP contribution in [-0.2, 0) is 10.8 Å². The van der Waals surface area contributed by atoms with Gasteiger partial charge in [0.2, 0.25) is 0 Å². The Balaban J connectivity index is 2.89. The van der Waals surface area contributed by atoms with Crippen LogP contribution >= 0.6 is 0 Å². The summed E-state index contributed by atoms with van der Waals surface area (Å²) in [6.07, 6.45) is 3.68. The summed E-state index contributed by atoms with van der Waals surface area (Å²) in [5.74, 6) is 0. The van der Waals surface area contributed by atoms with Gasteiger partial charge in [0, 0.05) is 6.20 Å². The number of nitrogens with zero attached hydrogens (tertiary/aromatic N) is 3. The van der Waals surface area contributed by atoms with E-state index in [0.717, 1.165) is 11.0 Å². The molecule has 2 heterocycles. The first kappa shape index (κ1) is 12.9. The average Bonchev–Trinajstić information content (AvgIpc) is 2.24. The summed E-state index contributed by atoms with van der Waals surface area (Å²) in [5.41, 5.74) is 4.44. The molecular weight excluding hydrogens is 222 g/mol. The van der Waals surface area contributed by atoms with Crippen molar-refractivity contribution >= 4 is 11.0 Å². The highest BCUT2D eigenvalue weighted by molar-refractivity contribution is 5.79. The van der Waals surface area contributed by atoms with E-state index < -0.39 is 0 Å². The van der Waals surface area contributed by atoms with E-state index in [2.05, 4.69) is 56.7 Å². The third kappa shape index (κ3) is 2.22. The van der Waals surface area contributed by atoms with Crippen LogP contribution in [0.25, 0.3) is 11.0 Å². The van der Waals surface area contributed by atoms with Crippen LogP contribution in [0.15, 0.2) is 18.5 Å². The molecule has 96 valence electrons. The van der Waals surface area contributed by atoms with Crippen molar-refractivity contribution in [1.29, 1.82) is 0 Å². The molecule has 0 radical (unpaired) electrons. The molecule has 0 fully saturated rings. The molecule has 2 aromatic rings. The molecule has 18 heavy (non-hydrogen) atoms. The van der Waals surface area contributed by atoms with Crippen LogP contribution < -0.4 is 0 Å². The lowest BCUT2D eigenvalue weighted by atomic mass is 9.75.